The van der Waals surface area contributed by atoms with Gasteiger partial charge in [-0.3, -0.25) is 0 Å². The molecule has 0 spiro atoms. The van der Waals surface area contributed by atoms with Crippen LogP contribution in [0.3, 0.4) is 0 Å². The molecule has 0 radical (unpaired) electrons. The number of nitrogens with one attached hydrogen (secondary N) is 1. The summed E-state index contributed by atoms with van der Waals surface area (Å²) in [6, 6.07) is 0. The van der Waals surface area contributed by atoms with E-state index in [1.807, 2.05) is 18.4 Å². The summed E-state index contributed by atoms with van der Waals surface area (Å²) < 4.78 is 5.26. The zero-order chi connectivity index (χ0) is 14.4. The number of anilines is 1. The third-order valence-electron chi connectivity index (χ3n) is 3.97. The van der Waals surface area contributed by atoms with Gasteiger partial charge in [-0.15, -0.1) is 11.3 Å². The highest BCUT2D eigenvalue weighted by atomic mass is 32.1. The third kappa shape index (κ3) is 3.93. The molecule has 1 aliphatic rings. The predicted octanol–water partition coefficient (Wildman–Crippen LogP) is 3.03. The molecular weight excluding hydrogens is 270 g/mol. The third-order valence-corrected chi connectivity index (χ3v) is 5.13. The van der Waals surface area contributed by atoms with Crippen molar-refractivity contribution in [1.82, 2.24) is 10.3 Å². The molecular formula is C15H27N3OS. The van der Waals surface area contributed by atoms with Crippen LogP contribution in [0.5, 0.6) is 0 Å². The minimum Gasteiger partial charge on any atom is -0.378 e. The average Bonchev–Trinajstić information content (AvgIpc) is 2.84. The van der Waals surface area contributed by atoms with Crippen LogP contribution in [0.25, 0.3) is 0 Å². The van der Waals surface area contributed by atoms with Crippen molar-refractivity contribution >= 4 is 16.5 Å². The van der Waals surface area contributed by atoms with E-state index < -0.39 is 0 Å². The van der Waals surface area contributed by atoms with Gasteiger partial charge in [0, 0.05) is 31.6 Å². The fourth-order valence-corrected chi connectivity index (χ4v) is 4.00. The summed E-state index contributed by atoms with van der Waals surface area (Å²) in [7, 11) is 3.71. The number of nitrogens with zero attached hydrogens (tertiary/aromatic N) is 2. The summed E-state index contributed by atoms with van der Waals surface area (Å²) in [5, 5.41) is 4.40. The van der Waals surface area contributed by atoms with E-state index in [-0.39, 0.29) is 0 Å². The van der Waals surface area contributed by atoms with Crippen LogP contribution in [0.4, 0.5) is 5.13 Å². The molecule has 1 aromatic rings. The van der Waals surface area contributed by atoms with Gasteiger partial charge in [0.25, 0.3) is 0 Å². The maximum Gasteiger partial charge on any atom is 0.185 e. The number of methoxy groups -OCH3 is 1. The number of thiazole rings is 1. The largest absolute Gasteiger partial charge is 0.378 e. The van der Waals surface area contributed by atoms with Gasteiger partial charge in [0.1, 0.15) is 0 Å². The van der Waals surface area contributed by atoms with Crippen molar-refractivity contribution < 1.29 is 4.74 Å². The summed E-state index contributed by atoms with van der Waals surface area (Å²) in [6.45, 7) is 6.09. The smallest absolute Gasteiger partial charge is 0.185 e. The van der Waals surface area contributed by atoms with Gasteiger partial charge >= 0.3 is 0 Å². The van der Waals surface area contributed by atoms with Gasteiger partial charge in [-0.25, -0.2) is 4.98 Å². The SMILES string of the molecule is CCCC1CCN(c2nc(COC)c(CNC)s2)CC1. The van der Waals surface area contributed by atoms with Crippen LogP contribution in [0.2, 0.25) is 0 Å². The average molecular weight is 297 g/mol. The zero-order valence-corrected chi connectivity index (χ0v) is 13.8. The monoisotopic (exact) mass is 297 g/mol. The lowest BCUT2D eigenvalue weighted by molar-refractivity contribution is 0.181. The Hall–Kier alpha value is -0.650. The molecule has 0 aliphatic carbocycles. The molecule has 1 aromatic heterocycles. The van der Waals surface area contributed by atoms with E-state index in [2.05, 4.69) is 17.1 Å². The molecule has 20 heavy (non-hydrogen) atoms. The van der Waals surface area contributed by atoms with Gasteiger partial charge in [0.15, 0.2) is 5.13 Å². The molecule has 1 saturated heterocycles. The Balaban J connectivity index is 2.00. The molecule has 1 aliphatic heterocycles. The lowest BCUT2D eigenvalue weighted by Crippen LogP contribution is -2.33. The van der Waals surface area contributed by atoms with E-state index in [0.29, 0.717) is 6.61 Å². The van der Waals surface area contributed by atoms with E-state index in [1.54, 1.807) is 7.11 Å². The van der Waals surface area contributed by atoms with Crippen LogP contribution < -0.4 is 10.2 Å². The van der Waals surface area contributed by atoms with Crippen molar-refractivity contribution in [3.05, 3.63) is 10.6 Å². The molecule has 2 rings (SSSR count). The lowest BCUT2D eigenvalue weighted by Gasteiger charge is -2.31. The van der Waals surface area contributed by atoms with Gasteiger partial charge < -0.3 is 15.0 Å². The molecule has 0 atom stereocenters. The number of ether oxygens (including phenoxy) is 1. The molecule has 1 N–H and O–H groups in total. The first kappa shape index (κ1) is 15.7. The second-order valence-corrected chi connectivity index (χ2v) is 6.61. The fourth-order valence-electron chi connectivity index (χ4n) is 2.87. The van der Waals surface area contributed by atoms with Crippen molar-refractivity contribution in [2.75, 3.05) is 32.1 Å². The van der Waals surface area contributed by atoms with Crippen molar-refractivity contribution in [3.63, 3.8) is 0 Å². The summed E-state index contributed by atoms with van der Waals surface area (Å²) >= 11 is 1.82. The second kappa shape index (κ2) is 7.96. The first-order valence-electron chi connectivity index (χ1n) is 7.65. The molecule has 5 heteroatoms. The van der Waals surface area contributed by atoms with Crippen molar-refractivity contribution in [1.29, 1.82) is 0 Å². The van der Waals surface area contributed by atoms with Crippen molar-refractivity contribution in [2.45, 2.75) is 45.8 Å². The van der Waals surface area contributed by atoms with Crippen LogP contribution in [0.15, 0.2) is 0 Å². The number of aromatic nitrogens is 1. The predicted molar refractivity (Wildman–Crippen MR) is 85.4 cm³/mol. The maximum absolute atomic E-state index is 5.26. The van der Waals surface area contributed by atoms with E-state index >= 15 is 0 Å². The Morgan fingerprint density at radius 2 is 2.15 bits per heavy atom. The van der Waals surface area contributed by atoms with Gasteiger partial charge in [0.05, 0.1) is 12.3 Å². The molecule has 0 saturated carbocycles. The van der Waals surface area contributed by atoms with Gasteiger partial charge in [-0.2, -0.15) is 0 Å². The normalized spacial score (nSPS) is 16.9. The second-order valence-electron chi connectivity index (χ2n) is 5.55. The van der Waals surface area contributed by atoms with Crippen molar-refractivity contribution in [3.8, 4) is 0 Å². The zero-order valence-electron chi connectivity index (χ0n) is 12.9. The molecule has 4 nitrogen and oxygen atoms in total. The van der Waals surface area contributed by atoms with E-state index in [0.717, 1.165) is 31.2 Å². The van der Waals surface area contributed by atoms with Crippen LogP contribution in [0.1, 0.15) is 43.2 Å². The minimum absolute atomic E-state index is 0.611. The molecule has 2 heterocycles. The summed E-state index contributed by atoms with van der Waals surface area (Å²) in [4.78, 5) is 8.55. The van der Waals surface area contributed by atoms with Gasteiger partial charge in [0.2, 0.25) is 0 Å². The van der Waals surface area contributed by atoms with E-state index in [1.165, 1.54) is 35.7 Å². The number of hydrogen-bond donors (Lipinski definition) is 1. The summed E-state index contributed by atoms with van der Waals surface area (Å²) in [5.74, 6) is 0.923. The van der Waals surface area contributed by atoms with E-state index in [4.69, 9.17) is 9.72 Å². The first-order chi connectivity index (χ1) is 9.78. The number of hydrogen-bond acceptors (Lipinski definition) is 5. The number of rotatable bonds is 7. The minimum atomic E-state index is 0.611. The van der Waals surface area contributed by atoms with Crippen LogP contribution in [-0.4, -0.2) is 32.2 Å². The molecule has 0 amide bonds. The first-order valence-corrected chi connectivity index (χ1v) is 8.47. The summed E-state index contributed by atoms with van der Waals surface area (Å²) in [5.41, 5.74) is 1.09. The quantitative estimate of drug-likeness (QED) is 0.839. The van der Waals surface area contributed by atoms with Crippen LogP contribution in [-0.2, 0) is 17.9 Å². The topological polar surface area (TPSA) is 37.4 Å². The van der Waals surface area contributed by atoms with Gasteiger partial charge in [-0.05, 0) is 25.8 Å². The Kier molecular flexibility index (Phi) is 6.26. The van der Waals surface area contributed by atoms with Crippen molar-refractivity contribution in [2.24, 2.45) is 5.92 Å². The Morgan fingerprint density at radius 3 is 2.75 bits per heavy atom. The standard InChI is InChI=1S/C15H27N3OS/c1-4-5-12-6-8-18(9-7-12)15-17-13(11-19-3)14(20-15)10-16-2/h12,16H,4-11H2,1-3H3. The highest BCUT2D eigenvalue weighted by Gasteiger charge is 2.22. The van der Waals surface area contributed by atoms with Crippen LogP contribution in [0, 0.1) is 5.92 Å². The molecule has 0 bridgehead atoms. The molecule has 1 fully saturated rings. The van der Waals surface area contributed by atoms with E-state index in [9.17, 15) is 0 Å². The molecule has 0 unspecified atom stereocenters. The molecule has 0 aromatic carbocycles. The Labute approximate surface area is 126 Å². The Morgan fingerprint density at radius 1 is 1.40 bits per heavy atom. The Bertz CT molecular complexity index is 376. The van der Waals surface area contributed by atoms with Gasteiger partial charge in [-0.1, -0.05) is 19.8 Å². The maximum atomic E-state index is 5.26. The highest BCUT2D eigenvalue weighted by Crippen LogP contribution is 2.31. The lowest BCUT2D eigenvalue weighted by atomic mass is 9.93. The molecule has 114 valence electrons. The highest BCUT2D eigenvalue weighted by molar-refractivity contribution is 7.15. The van der Waals surface area contributed by atoms with Crippen LogP contribution >= 0.6 is 11.3 Å². The fraction of sp³-hybridized carbons (Fsp3) is 0.800. The number of piperidine rings is 1. The summed E-state index contributed by atoms with van der Waals surface area (Å²) in [6.07, 6.45) is 5.32.